The summed E-state index contributed by atoms with van der Waals surface area (Å²) in [4.78, 5) is 12.5. The number of rotatable bonds is 5. The quantitative estimate of drug-likeness (QED) is 0.707. The Hall–Kier alpha value is -0.610. The fourth-order valence-electron chi connectivity index (χ4n) is 3.63. The van der Waals surface area contributed by atoms with E-state index in [-0.39, 0.29) is 17.4 Å². The van der Waals surface area contributed by atoms with Crippen LogP contribution in [0.1, 0.15) is 51.9 Å². The molecule has 2 rings (SSSR count). The second-order valence-corrected chi connectivity index (χ2v) is 6.32. The molecule has 1 heterocycles. The first kappa shape index (κ1) is 14.8. The van der Waals surface area contributed by atoms with Gasteiger partial charge in [-0.05, 0) is 57.5 Å². The van der Waals surface area contributed by atoms with Crippen LogP contribution < -0.4 is 10.6 Å². The van der Waals surface area contributed by atoms with Crippen molar-refractivity contribution < 1.29 is 9.90 Å². The van der Waals surface area contributed by atoms with Crippen molar-refractivity contribution in [2.24, 2.45) is 11.3 Å². The Bertz CT molecular complexity index is 295. The van der Waals surface area contributed by atoms with E-state index in [1.54, 1.807) is 0 Å². The van der Waals surface area contributed by atoms with Crippen LogP contribution in [0.5, 0.6) is 0 Å². The van der Waals surface area contributed by atoms with E-state index >= 15 is 0 Å². The lowest BCUT2D eigenvalue weighted by molar-refractivity contribution is -0.133. The topological polar surface area (TPSA) is 61.4 Å². The maximum absolute atomic E-state index is 12.5. The molecule has 0 bridgehead atoms. The van der Waals surface area contributed by atoms with E-state index in [2.05, 4.69) is 17.6 Å². The molecule has 2 atom stereocenters. The average molecular weight is 268 g/mol. The van der Waals surface area contributed by atoms with E-state index < -0.39 is 0 Å². The molecule has 1 aliphatic heterocycles. The van der Waals surface area contributed by atoms with Crippen LogP contribution in [0.4, 0.5) is 0 Å². The van der Waals surface area contributed by atoms with Crippen LogP contribution in [0, 0.1) is 11.3 Å². The Morgan fingerprint density at radius 2 is 2.11 bits per heavy atom. The third kappa shape index (κ3) is 3.69. The zero-order chi connectivity index (χ0) is 13.7. The molecule has 1 aliphatic carbocycles. The van der Waals surface area contributed by atoms with Crippen LogP contribution in [0.25, 0.3) is 0 Å². The predicted molar refractivity (Wildman–Crippen MR) is 75.8 cm³/mol. The summed E-state index contributed by atoms with van der Waals surface area (Å²) < 4.78 is 0. The second kappa shape index (κ2) is 6.71. The van der Waals surface area contributed by atoms with Gasteiger partial charge in [-0.3, -0.25) is 4.79 Å². The number of hydrogen-bond donors (Lipinski definition) is 3. The Kier molecular flexibility index (Phi) is 5.22. The zero-order valence-corrected chi connectivity index (χ0v) is 12.1. The lowest BCUT2D eigenvalue weighted by atomic mass is 9.74. The van der Waals surface area contributed by atoms with Crippen molar-refractivity contribution in [1.82, 2.24) is 10.6 Å². The average Bonchev–Trinajstić information content (AvgIpc) is 2.83. The van der Waals surface area contributed by atoms with Gasteiger partial charge in [-0.25, -0.2) is 0 Å². The summed E-state index contributed by atoms with van der Waals surface area (Å²) in [6, 6.07) is 0. The number of carbonyl (C=O) groups excluding carboxylic acids is 1. The van der Waals surface area contributed by atoms with E-state index in [1.807, 2.05) is 0 Å². The first-order chi connectivity index (χ1) is 9.16. The first-order valence-electron chi connectivity index (χ1n) is 7.83. The second-order valence-electron chi connectivity index (χ2n) is 6.32. The highest BCUT2D eigenvalue weighted by molar-refractivity contribution is 5.82. The molecule has 0 radical (unpaired) electrons. The van der Waals surface area contributed by atoms with E-state index in [4.69, 9.17) is 0 Å². The molecule has 2 unspecified atom stereocenters. The van der Waals surface area contributed by atoms with Gasteiger partial charge in [0.05, 0.1) is 11.5 Å². The summed E-state index contributed by atoms with van der Waals surface area (Å²) in [5.41, 5.74) is -0.142. The molecule has 3 N–H and O–H groups in total. The minimum absolute atomic E-state index is 0.142. The summed E-state index contributed by atoms with van der Waals surface area (Å²) >= 11 is 0. The number of piperidine rings is 1. The molecule has 2 fully saturated rings. The molecular weight excluding hydrogens is 240 g/mol. The van der Waals surface area contributed by atoms with Gasteiger partial charge >= 0.3 is 0 Å². The van der Waals surface area contributed by atoms with Gasteiger partial charge in [0.2, 0.25) is 5.91 Å². The van der Waals surface area contributed by atoms with Crippen LogP contribution in [-0.4, -0.2) is 36.8 Å². The summed E-state index contributed by atoms with van der Waals surface area (Å²) in [5.74, 6) is 0.719. The molecule has 0 aromatic heterocycles. The van der Waals surface area contributed by atoms with Crippen molar-refractivity contribution in [3.8, 4) is 0 Å². The van der Waals surface area contributed by atoms with Gasteiger partial charge in [-0.1, -0.05) is 13.3 Å². The Morgan fingerprint density at radius 1 is 1.37 bits per heavy atom. The number of carbonyl (C=O) groups is 1. The minimum atomic E-state index is -0.148. The summed E-state index contributed by atoms with van der Waals surface area (Å²) in [5, 5.41) is 16.0. The fraction of sp³-hybridized carbons (Fsp3) is 0.933. The van der Waals surface area contributed by atoms with Gasteiger partial charge in [0.25, 0.3) is 0 Å². The van der Waals surface area contributed by atoms with Crippen molar-refractivity contribution in [3.63, 3.8) is 0 Å². The van der Waals surface area contributed by atoms with Gasteiger partial charge in [0, 0.05) is 6.54 Å². The third-order valence-electron chi connectivity index (χ3n) is 4.84. The van der Waals surface area contributed by atoms with Gasteiger partial charge in [-0.2, -0.15) is 0 Å². The Morgan fingerprint density at radius 3 is 2.68 bits per heavy atom. The molecule has 110 valence electrons. The summed E-state index contributed by atoms with van der Waals surface area (Å²) in [6.07, 6.45) is 6.62. The largest absolute Gasteiger partial charge is 0.393 e. The van der Waals surface area contributed by atoms with Crippen LogP contribution in [0.2, 0.25) is 0 Å². The molecule has 0 aromatic carbocycles. The van der Waals surface area contributed by atoms with Crippen molar-refractivity contribution in [3.05, 3.63) is 0 Å². The van der Waals surface area contributed by atoms with Crippen molar-refractivity contribution in [2.75, 3.05) is 19.6 Å². The van der Waals surface area contributed by atoms with Crippen LogP contribution in [-0.2, 0) is 4.79 Å². The zero-order valence-electron chi connectivity index (χ0n) is 12.1. The molecule has 0 aromatic rings. The number of aliphatic hydroxyl groups is 1. The van der Waals surface area contributed by atoms with E-state index in [9.17, 15) is 9.90 Å². The first-order valence-corrected chi connectivity index (χ1v) is 7.83. The molecule has 1 saturated carbocycles. The van der Waals surface area contributed by atoms with Crippen molar-refractivity contribution in [2.45, 2.75) is 58.0 Å². The molecule has 4 heteroatoms. The smallest absolute Gasteiger partial charge is 0.226 e. The lowest BCUT2D eigenvalue weighted by Gasteiger charge is -2.36. The third-order valence-corrected chi connectivity index (χ3v) is 4.84. The van der Waals surface area contributed by atoms with Crippen LogP contribution >= 0.6 is 0 Å². The van der Waals surface area contributed by atoms with Gasteiger partial charge in [0.15, 0.2) is 0 Å². The lowest BCUT2D eigenvalue weighted by Crippen LogP contribution is -2.48. The standard InChI is InChI=1S/C15H28N2O2/c1-2-5-15(6-8-16-9-7-15)14(19)17-11-12-3-4-13(18)10-12/h12-13,16,18H,2-11H2,1H3,(H,17,19). The Labute approximate surface area is 116 Å². The maximum atomic E-state index is 12.5. The SMILES string of the molecule is CCCC1(C(=O)NCC2CCC(O)C2)CCNCC1. The Balaban J connectivity index is 1.85. The van der Waals surface area contributed by atoms with Crippen LogP contribution in [0.3, 0.4) is 0 Å². The van der Waals surface area contributed by atoms with E-state index in [1.165, 1.54) is 0 Å². The molecule has 2 aliphatic rings. The molecule has 0 spiro atoms. The summed E-state index contributed by atoms with van der Waals surface area (Å²) in [7, 11) is 0. The number of amides is 1. The fourth-order valence-corrected chi connectivity index (χ4v) is 3.63. The monoisotopic (exact) mass is 268 g/mol. The molecule has 1 saturated heterocycles. The number of hydrogen-bond acceptors (Lipinski definition) is 3. The highest BCUT2D eigenvalue weighted by Gasteiger charge is 2.38. The molecule has 4 nitrogen and oxygen atoms in total. The van der Waals surface area contributed by atoms with Gasteiger partial charge in [-0.15, -0.1) is 0 Å². The number of nitrogens with one attached hydrogen (secondary N) is 2. The number of aliphatic hydroxyl groups excluding tert-OH is 1. The maximum Gasteiger partial charge on any atom is 0.226 e. The molecule has 1 amide bonds. The van der Waals surface area contributed by atoms with Crippen molar-refractivity contribution in [1.29, 1.82) is 0 Å². The normalized spacial score (nSPS) is 30.2. The van der Waals surface area contributed by atoms with Gasteiger partial charge in [0.1, 0.15) is 0 Å². The summed E-state index contributed by atoms with van der Waals surface area (Å²) in [6.45, 7) is 4.81. The van der Waals surface area contributed by atoms with Gasteiger partial charge < -0.3 is 15.7 Å². The van der Waals surface area contributed by atoms with Crippen LogP contribution in [0.15, 0.2) is 0 Å². The molecule has 19 heavy (non-hydrogen) atoms. The predicted octanol–water partition coefficient (Wildman–Crippen LogP) is 1.43. The van der Waals surface area contributed by atoms with E-state index in [0.29, 0.717) is 5.92 Å². The minimum Gasteiger partial charge on any atom is -0.393 e. The highest BCUT2D eigenvalue weighted by atomic mass is 16.3. The van der Waals surface area contributed by atoms with E-state index in [0.717, 1.165) is 64.6 Å². The van der Waals surface area contributed by atoms with Crippen molar-refractivity contribution >= 4 is 5.91 Å². The highest BCUT2D eigenvalue weighted by Crippen LogP contribution is 2.34. The molecular formula is C15H28N2O2.